The second-order valence-electron chi connectivity index (χ2n) is 14.2. The Kier molecular flexibility index (Phi) is 57.1. The Morgan fingerprint density at radius 3 is 0.522 bits per heavy atom. The summed E-state index contributed by atoms with van der Waals surface area (Å²) in [7, 11) is 4.68. The molecule has 0 radical (unpaired) electrons. The lowest BCUT2D eigenvalue weighted by atomic mass is 10.0. The predicted octanol–water partition coefficient (Wildman–Crippen LogP) is 15.5. The molecular weight excluding hydrogens is 786 g/mol. The Morgan fingerprint density at radius 2 is 0.370 bits per heavy atom. The van der Waals surface area contributed by atoms with Gasteiger partial charge in [-0.05, 0) is 75.8 Å². The van der Waals surface area contributed by atoms with E-state index in [2.05, 4.69) is 82.9 Å². The minimum absolute atomic E-state index is 1.30. The highest BCUT2D eigenvalue weighted by atomic mass is 127. The first kappa shape index (κ1) is 51.7. The molecule has 0 rings (SSSR count). The summed E-state index contributed by atoms with van der Waals surface area (Å²) in [6, 6.07) is 0. The molecule has 0 aromatic rings. The number of rotatable bonds is 37. The minimum Gasteiger partial charge on any atom is -0.306 e. The van der Waals surface area contributed by atoms with Gasteiger partial charge in [0.1, 0.15) is 0 Å². The van der Waals surface area contributed by atoms with Crippen molar-refractivity contribution < 1.29 is 0 Å². The van der Waals surface area contributed by atoms with E-state index in [1.807, 2.05) is 9.86 Å². The van der Waals surface area contributed by atoms with Crippen LogP contribution in [0.5, 0.6) is 0 Å². The molecule has 0 aromatic carbocycles. The molecule has 0 atom stereocenters. The van der Waals surface area contributed by atoms with Crippen LogP contribution in [0.25, 0.3) is 0 Å². The third-order valence-corrected chi connectivity index (χ3v) is 9.62. The van der Waals surface area contributed by atoms with E-state index >= 15 is 0 Å². The van der Waals surface area contributed by atoms with Crippen LogP contribution in [0.3, 0.4) is 0 Å². The summed E-state index contributed by atoms with van der Waals surface area (Å²) in [5.74, 6) is 0. The molecule has 0 aromatic heterocycles. The molecule has 0 spiro atoms. The second kappa shape index (κ2) is 50.8. The monoisotopic (exact) mass is 877 g/mol. The van der Waals surface area contributed by atoms with Gasteiger partial charge in [0.05, 0.1) is 0 Å². The molecular formula is C42H90I2N2. The molecule has 0 saturated heterocycles. The Hall–Kier alpha value is 1.38. The third-order valence-electron chi connectivity index (χ3n) is 9.62. The Morgan fingerprint density at radius 1 is 0.239 bits per heavy atom. The number of alkyl halides is 2. The Labute approximate surface area is 322 Å². The van der Waals surface area contributed by atoms with Gasteiger partial charge < -0.3 is 9.80 Å². The molecule has 0 aliphatic rings. The molecule has 46 heavy (non-hydrogen) atoms. The highest BCUT2D eigenvalue weighted by Gasteiger charge is 2.02. The van der Waals surface area contributed by atoms with Crippen LogP contribution >= 0.6 is 45.2 Å². The molecule has 0 fully saturated rings. The highest BCUT2D eigenvalue weighted by molar-refractivity contribution is 14.1. The van der Waals surface area contributed by atoms with E-state index in [1.54, 1.807) is 0 Å². The fourth-order valence-corrected chi connectivity index (χ4v) is 6.49. The SMILES string of the molecule is CCCCCCCCCCCCCCCCN(C)CCCCCCN(C)CCCCCCCCCCCCCCCC.CI.CI. The van der Waals surface area contributed by atoms with E-state index in [-0.39, 0.29) is 0 Å². The molecule has 0 unspecified atom stereocenters. The molecule has 0 N–H and O–H groups in total. The number of unbranched alkanes of at least 4 members (excludes halogenated alkanes) is 29. The number of hydrogen-bond donors (Lipinski definition) is 0. The summed E-state index contributed by atoms with van der Waals surface area (Å²) in [5, 5.41) is 0. The van der Waals surface area contributed by atoms with Crippen molar-refractivity contribution in [3.63, 3.8) is 0 Å². The summed E-state index contributed by atoms with van der Waals surface area (Å²) in [5.41, 5.74) is 0. The van der Waals surface area contributed by atoms with E-state index in [9.17, 15) is 0 Å². The topological polar surface area (TPSA) is 6.48 Å². The van der Waals surface area contributed by atoms with Gasteiger partial charge in [-0.2, -0.15) is 0 Å². The van der Waals surface area contributed by atoms with E-state index in [1.165, 1.54) is 232 Å². The van der Waals surface area contributed by atoms with E-state index in [4.69, 9.17) is 0 Å². The van der Waals surface area contributed by atoms with E-state index in [0.717, 1.165) is 0 Å². The molecule has 2 nitrogen and oxygen atoms in total. The molecule has 0 amide bonds. The maximum atomic E-state index is 2.59. The summed E-state index contributed by atoms with van der Waals surface area (Å²) >= 11 is 4.30. The van der Waals surface area contributed by atoms with Crippen LogP contribution in [0.1, 0.15) is 219 Å². The zero-order valence-corrected chi connectivity index (χ0v) is 37.4. The van der Waals surface area contributed by atoms with E-state index in [0.29, 0.717) is 0 Å². The van der Waals surface area contributed by atoms with Crippen LogP contribution < -0.4 is 0 Å². The van der Waals surface area contributed by atoms with Gasteiger partial charge in [0.2, 0.25) is 0 Å². The van der Waals surface area contributed by atoms with Gasteiger partial charge in [-0.15, -0.1) is 0 Å². The molecule has 0 aliphatic heterocycles. The fourth-order valence-electron chi connectivity index (χ4n) is 6.49. The lowest BCUT2D eigenvalue weighted by Gasteiger charge is -2.17. The molecule has 0 bridgehead atoms. The van der Waals surface area contributed by atoms with Crippen LogP contribution in [-0.4, -0.2) is 59.9 Å². The maximum absolute atomic E-state index is 2.59. The molecule has 0 saturated carbocycles. The maximum Gasteiger partial charge on any atom is -0.00218 e. The van der Waals surface area contributed by atoms with Crippen molar-refractivity contribution in [2.45, 2.75) is 219 Å². The van der Waals surface area contributed by atoms with Crippen molar-refractivity contribution in [2.75, 3.05) is 50.1 Å². The van der Waals surface area contributed by atoms with Gasteiger partial charge in [0.25, 0.3) is 0 Å². The van der Waals surface area contributed by atoms with Gasteiger partial charge >= 0.3 is 0 Å². The minimum atomic E-state index is 1.30. The smallest absolute Gasteiger partial charge is 0.00218 e. The van der Waals surface area contributed by atoms with Crippen molar-refractivity contribution in [2.24, 2.45) is 0 Å². The van der Waals surface area contributed by atoms with Gasteiger partial charge in [0, 0.05) is 0 Å². The van der Waals surface area contributed by atoms with Crippen molar-refractivity contribution in [1.82, 2.24) is 9.80 Å². The number of halogens is 2. The standard InChI is InChI=1S/C40H84N2.2CH3I/c1-5-7-9-11-13-15-17-19-21-23-25-27-29-33-37-41(3)39-35-31-32-36-40-42(4)38-34-30-28-26-24-22-20-18-16-14-12-10-8-6-2;2*1-2/h5-40H2,1-4H3;2*1H3. The fraction of sp³-hybridized carbons (Fsp3) is 1.00. The highest BCUT2D eigenvalue weighted by Crippen LogP contribution is 2.15. The van der Waals surface area contributed by atoms with E-state index < -0.39 is 0 Å². The largest absolute Gasteiger partial charge is 0.306 e. The predicted molar refractivity (Wildman–Crippen MR) is 234 cm³/mol. The van der Waals surface area contributed by atoms with Gasteiger partial charge in [0.15, 0.2) is 0 Å². The molecule has 4 heteroatoms. The second-order valence-corrected chi connectivity index (χ2v) is 14.2. The summed E-state index contributed by atoms with van der Waals surface area (Å²) < 4.78 is 0. The molecule has 0 heterocycles. The Balaban J connectivity index is -0.00000443. The first-order chi connectivity index (χ1) is 22.7. The Bertz CT molecular complexity index is 435. The zero-order valence-electron chi connectivity index (χ0n) is 33.1. The summed E-state index contributed by atoms with van der Waals surface area (Å²) in [6.07, 6.45) is 46.3. The third kappa shape index (κ3) is 49.8. The average molecular weight is 877 g/mol. The molecule has 282 valence electrons. The summed E-state index contributed by atoms with van der Waals surface area (Å²) in [6.45, 7) is 9.82. The number of hydrogen-bond acceptors (Lipinski definition) is 2. The summed E-state index contributed by atoms with van der Waals surface area (Å²) in [4.78, 5) is 9.11. The first-order valence-corrected chi connectivity index (χ1v) is 25.1. The zero-order chi connectivity index (χ0) is 34.6. The van der Waals surface area contributed by atoms with Gasteiger partial charge in [-0.1, -0.05) is 239 Å². The molecule has 0 aliphatic carbocycles. The number of nitrogens with zero attached hydrogens (tertiary/aromatic N) is 2. The van der Waals surface area contributed by atoms with Gasteiger partial charge in [-0.3, -0.25) is 0 Å². The van der Waals surface area contributed by atoms with Crippen LogP contribution in [-0.2, 0) is 0 Å². The van der Waals surface area contributed by atoms with Crippen LogP contribution in [0.15, 0.2) is 0 Å². The van der Waals surface area contributed by atoms with Crippen LogP contribution in [0, 0.1) is 0 Å². The lowest BCUT2D eigenvalue weighted by molar-refractivity contribution is 0.301. The van der Waals surface area contributed by atoms with Crippen molar-refractivity contribution in [3.8, 4) is 0 Å². The van der Waals surface area contributed by atoms with Crippen LogP contribution in [0.2, 0.25) is 0 Å². The van der Waals surface area contributed by atoms with Crippen molar-refractivity contribution in [3.05, 3.63) is 0 Å². The van der Waals surface area contributed by atoms with Crippen LogP contribution in [0.4, 0.5) is 0 Å². The lowest BCUT2D eigenvalue weighted by Crippen LogP contribution is -2.22. The van der Waals surface area contributed by atoms with Gasteiger partial charge in [-0.25, -0.2) is 0 Å². The van der Waals surface area contributed by atoms with Crippen molar-refractivity contribution >= 4 is 45.2 Å². The van der Waals surface area contributed by atoms with Crippen molar-refractivity contribution in [1.29, 1.82) is 0 Å². The first-order valence-electron chi connectivity index (χ1n) is 20.8. The quantitative estimate of drug-likeness (QED) is 0.0349. The average Bonchev–Trinajstić information content (AvgIpc) is 3.08. The normalized spacial score (nSPS) is 11.1.